The second-order valence-electron chi connectivity index (χ2n) is 13.6. The number of carbonyl (C=O) groups is 3. The zero-order valence-electron chi connectivity index (χ0n) is 30.4. The Hall–Kier alpha value is -2.43. The van der Waals surface area contributed by atoms with Crippen molar-refractivity contribution in [1.29, 1.82) is 5.41 Å². The fourth-order valence-corrected chi connectivity index (χ4v) is 6.96. The summed E-state index contributed by atoms with van der Waals surface area (Å²) in [5.41, 5.74) is 18.8. The Balaban J connectivity index is 2.01. The molecule has 3 aliphatic heterocycles. The maximum atomic E-state index is 13.3. The molecule has 0 bridgehead atoms. The highest BCUT2D eigenvalue weighted by atomic mass is 35.6. The van der Waals surface area contributed by atoms with Crippen LogP contribution in [0.1, 0.15) is 81.1 Å². The molecule has 0 aromatic heterocycles. The average Bonchev–Trinajstić information content (AvgIpc) is 3.07. The molecule has 52 heavy (non-hydrogen) atoms. The van der Waals surface area contributed by atoms with Gasteiger partial charge >= 0.3 is 5.97 Å². The Morgan fingerprint density at radius 3 is 1.81 bits per heavy atom. The molecule has 1 N–H and O–H groups in total. The largest absolute Gasteiger partial charge is 0.457 e. The maximum absolute atomic E-state index is 13.3. The summed E-state index contributed by atoms with van der Waals surface area (Å²) in [6.07, 6.45) is -8.52. The summed E-state index contributed by atoms with van der Waals surface area (Å²) in [6, 6.07) is -1.84. The predicted molar refractivity (Wildman–Crippen MR) is 188 cm³/mol. The number of nitrogens with one attached hydrogen (secondary N) is 1. The summed E-state index contributed by atoms with van der Waals surface area (Å²) in [6.45, 7) is 13.8. The number of alkyl halides is 3. The molecule has 0 amide bonds. The van der Waals surface area contributed by atoms with E-state index in [9.17, 15) is 25.4 Å². The number of nitrogens with zero attached hydrogens (tertiary/aromatic N) is 6. The van der Waals surface area contributed by atoms with Crippen molar-refractivity contribution in [3.63, 3.8) is 0 Å². The summed E-state index contributed by atoms with van der Waals surface area (Å²) in [5, 5.41) is 15.8. The van der Waals surface area contributed by atoms with E-state index in [2.05, 4.69) is 20.1 Å². The van der Waals surface area contributed by atoms with Crippen LogP contribution in [0.5, 0.6) is 0 Å². The van der Waals surface area contributed by atoms with Crippen molar-refractivity contribution < 1.29 is 47.5 Å². The summed E-state index contributed by atoms with van der Waals surface area (Å²) in [4.78, 5) is 44.0. The van der Waals surface area contributed by atoms with Gasteiger partial charge < -0.3 is 38.0 Å². The fraction of sp³-hybridized carbons (Fsp3) is 0.875. The first-order chi connectivity index (χ1) is 24.4. The molecule has 3 saturated heterocycles. The average molecular weight is 797 g/mol. The zero-order valence-corrected chi connectivity index (χ0v) is 32.7. The van der Waals surface area contributed by atoms with Gasteiger partial charge in [-0.2, -0.15) is 0 Å². The maximum Gasteiger partial charge on any atom is 0.306 e. The van der Waals surface area contributed by atoms with Gasteiger partial charge in [0.25, 0.3) is 3.79 Å². The first kappa shape index (κ1) is 44.0. The SMILES string of the molecule is CCC1O[C@H](OC(=N)C(Cl)(Cl)Cl)[C@@H](N=[N+]=[N-])C(C)[C@@H]1O[C@@H]1O[C@@H](C(C)=O)[C@@H](O[C@H]2O[C@@H](CC)[C@@H](C)C(C)[C@@H]2N=[N+]=[N-])C(C)[C@@H]1OC(=O)CCC(C)=O. The number of ketones is 2. The normalized spacial score (nSPS) is 37.9. The van der Waals surface area contributed by atoms with Crippen molar-refractivity contribution in [2.75, 3.05) is 0 Å². The molecule has 0 saturated carbocycles. The van der Waals surface area contributed by atoms with Crippen LogP contribution in [0, 0.1) is 29.1 Å². The number of ether oxygens (including phenoxy) is 7. The lowest BCUT2D eigenvalue weighted by atomic mass is 9.81. The first-order valence-corrected chi connectivity index (χ1v) is 18.4. The summed E-state index contributed by atoms with van der Waals surface area (Å²) >= 11 is 17.5. The quantitative estimate of drug-likeness (QED) is 0.0363. The van der Waals surface area contributed by atoms with E-state index in [0.717, 1.165) is 0 Å². The standard InChI is InChI=1S/C32H48Cl3N7O10/c1-9-19-14(4)15(5)22(39-41-37)28(46-19)50-25-17(7)26(48-21(45)12-11-13(3)43)30(51-27(25)18(8)44)49-24-16(6)23(40-42-38)29(47-20(24)10-2)52-31(36)32(33,34)35/h14-17,19-20,22-30,36H,9-12H2,1-8H3/t14-,15?,16?,17?,19-,20?,22-,23-,24-,25-,26-,27-,28+,29+,30+/m0/s1. The number of Topliss-reactive ketones (excluding diaryl/α,β-unsaturated/α-hetero) is 2. The summed E-state index contributed by atoms with van der Waals surface area (Å²) < 4.78 is 40.9. The molecule has 4 unspecified atom stereocenters. The van der Waals surface area contributed by atoms with Crippen molar-refractivity contribution >= 4 is 58.2 Å². The Bertz CT molecular complexity index is 1390. The van der Waals surface area contributed by atoms with Crippen molar-refractivity contribution in [3.8, 4) is 0 Å². The summed E-state index contributed by atoms with van der Waals surface area (Å²) in [7, 11) is 0. The smallest absolute Gasteiger partial charge is 0.306 e. The second-order valence-corrected chi connectivity index (χ2v) is 15.8. The Labute approximate surface area is 317 Å². The van der Waals surface area contributed by atoms with Gasteiger partial charge in [0.05, 0.1) is 30.8 Å². The van der Waals surface area contributed by atoms with Crippen molar-refractivity contribution in [3.05, 3.63) is 20.9 Å². The molecule has 0 aromatic carbocycles. The van der Waals surface area contributed by atoms with Gasteiger partial charge in [0.1, 0.15) is 24.0 Å². The molecule has 3 fully saturated rings. The van der Waals surface area contributed by atoms with E-state index in [1.54, 1.807) is 20.8 Å². The molecule has 0 aliphatic carbocycles. The molecule has 3 heterocycles. The van der Waals surface area contributed by atoms with E-state index in [1.807, 2.05) is 20.8 Å². The van der Waals surface area contributed by atoms with Crippen LogP contribution in [-0.2, 0) is 47.5 Å². The molecule has 17 nitrogen and oxygen atoms in total. The molecular formula is C32H48Cl3N7O10. The number of rotatable bonds is 14. The third kappa shape index (κ3) is 10.6. The zero-order chi connectivity index (χ0) is 39.1. The number of hydrogen-bond donors (Lipinski definition) is 1. The fourth-order valence-electron chi connectivity index (χ4n) is 6.83. The van der Waals surface area contributed by atoms with E-state index in [4.69, 9.17) is 73.4 Å². The monoisotopic (exact) mass is 795 g/mol. The van der Waals surface area contributed by atoms with Gasteiger partial charge in [-0.05, 0) is 55.5 Å². The highest BCUT2D eigenvalue weighted by Crippen LogP contribution is 2.41. The van der Waals surface area contributed by atoms with Crippen LogP contribution in [0.4, 0.5) is 0 Å². The third-order valence-electron chi connectivity index (χ3n) is 10.0. The third-order valence-corrected chi connectivity index (χ3v) is 10.6. The minimum absolute atomic E-state index is 0.0371. The topological polar surface area (TPSA) is 237 Å². The van der Waals surface area contributed by atoms with Gasteiger partial charge in [0.15, 0.2) is 24.5 Å². The van der Waals surface area contributed by atoms with E-state index in [1.165, 1.54) is 13.8 Å². The number of carbonyl (C=O) groups excluding carboxylic acids is 3. The highest BCUT2D eigenvalue weighted by molar-refractivity contribution is 6.76. The summed E-state index contributed by atoms with van der Waals surface area (Å²) in [5.74, 6) is -3.69. The lowest BCUT2D eigenvalue weighted by Crippen LogP contribution is -2.63. The van der Waals surface area contributed by atoms with Crippen molar-refractivity contribution in [1.82, 2.24) is 0 Å². The lowest BCUT2D eigenvalue weighted by molar-refractivity contribution is -0.342. The molecule has 3 rings (SSSR count). The molecule has 0 aromatic rings. The first-order valence-electron chi connectivity index (χ1n) is 17.3. The van der Waals surface area contributed by atoms with Crippen LogP contribution in [0.3, 0.4) is 0 Å². The number of azide groups is 2. The van der Waals surface area contributed by atoms with Gasteiger partial charge in [0.2, 0.25) is 12.2 Å². The van der Waals surface area contributed by atoms with Crippen molar-refractivity contribution in [2.24, 2.45) is 33.9 Å². The van der Waals surface area contributed by atoms with E-state index < -0.39 is 94.8 Å². The molecule has 292 valence electrons. The Morgan fingerprint density at radius 2 is 1.29 bits per heavy atom. The molecule has 0 radical (unpaired) electrons. The van der Waals surface area contributed by atoms with Crippen LogP contribution in [0.2, 0.25) is 0 Å². The van der Waals surface area contributed by atoms with Crippen LogP contribution in [0.15, 0.2) is 10.2 Å². The van der Waals surface area contributed by atoms with Gasteiger partial charge in [-0.3, -0.25) is 15.0 Å². The van der Waals surface area contributed by atoms with Gasteiger partial charge in [-0.25, -0.2) is 0 Å². The minimum Gasteiger partial charge on any atom is -0.457 e. The number of esters is 1. The van der Waals surface area contributed by atoms with E-state index in [0.29, 0.717) is 12.8 Å². The number of hydrogen-bond acceptors (Lipinski definition) is 13. The van der Waals surface area contributed by atoms with Gasteiger partial charge in [0, 0.05) is 22.2 Å². The predicted octanol–water partition coefficient (Wildman–Crippen LogP) is 6.89. The van der Waals surface area contributed by atoms with Crippen LogP contribution >= 0.6 is 34.8 Å². The second kappa shape index (κ2) is 19.2. The molecule has 15 atom stereocenters. The number of halogens is 3. The molecule has 20 heteroatoms. The van der Waals surface area contributed by atoms with Gasteiger partial charge in [-0.1, -0.05) is 86.6 Å². The Kier molecular flexibility index (Phi) is 16.3. The van der Waals surface area contributed by atoms with E-state index >= 15 is 0 Å². The molecular weight excluding hydrogens is 749 g/mol. The van der Waals surface area contributed by atoms with Crippen LogP contribution < -0.4 is 0 Å². The van der Waals surface area contributed by atoms with E-state index in [-0.39, 0.29) is 36.6 Å². The minimum atomic E-state index is -2.22. The van der Waals surface area contributed by atoms with Crippen LogP contribution in [0.25, 0.3) is 20.9 Å². The van der Waals surface area contributed by atoms with Gasteiger partial charge in [-0.15, -0.1) is 0 Å². The lowest BCUT2D eigenvalue weighted by Gasteiger charge is -2.50. The van der Waals surface area contributed by atoms with Crippen molar-refractivity contribution in [2.45, 2.75) is 152 Å². The molecule has 0 spiro atoms. The highest BCUT2D eigenvalue weighted by Gasteiger charge is 2.54. The Morgan fingerprint density at radius 1 is 0.731 bits per heavy atom. The molecule has 3 aliphatic rings. The van der Waals surface area contributed by atoms with Crippen LogP contribution in [-0.4, -0.2) is 94.8 Å².